The van der Waals surface area contributed by atoms with Crippen LogP contribution < -0.4 is 0 Å². The summed E-state index contributed by atoms with van der Waals surface area (Å²) in [6, 6.07) is 0.640. The molecule has 0 aromatic carbocycles. The zero-order valence-corrected chi connectivity index (χ0v) is 7.91. The van der Waals surface area contributed by atoms with Crippen LogP contribution in [-0.2, 0) is 5.41 Å². The van der Waals surface area contributed by atoms with Crippen molar-refractivity contribution in [3.05, 3.63) is 11.9 Å². The second-order valence-corrected chi connectivity index (χ2v) is 4.54. The first-order valence-electron chi connectivity index (χ1n) is 4.50. The lowest BCUT2D eigenvalue weighted by atomic mass is 9.93. The van der Waals surface area contributed by atoms with Gasteiger partial charge in [-0.05, 0) is 12.8 Å². The van der Waals surface area contributed by atoms with Crippen molar-refractivity contribution in [1.29, 1.82) is 0 Å². The molecule has 0 amide bonds. The summed E-state index contributed by atoms with van der Waals surface area (Å²) in [7, 11) is 0. The van der Waals surface area contributed by atoms with Crippen LogP contribution in [0.1, 0.15) is 45.3 Å². The van der Waals surface area contributed by atoms with Crippen LogP contribution in [0.3, 0.4) is 0 Å². The van der Waals surface area contributed by atoms with Crippen molar-refractivity contribution in [2.75, 3.05) is 0 Å². The molecule has 1 aromatic rings. The van der Waals surface area contributed by atoms with Gasteiger partial charge in [0.15, 0.2) is 0 Å². The molecule has 3 heteroatoms. The summed E-state index contributed by atoms with van der Waals surface area (Å²) >= 11 is 0. The van der Waals surface area contributed by atoms with Gasteiger partial charge in [-0.1, -0.05) is 26.0 Å². The third kappa shape index (κ3) is 1.24. The average Bonchev–Trinajstić information content (AvgIpc) is 2.65. The second kappa shape index (κ2) is 2.31. The Morgan fingerprint density at radius 3 is 2.58 bits per heavy atom. The molecule has 12 heavy (non-hydrogen) atoms. The molecule has 3 nitrogen and oxygen atoms in total. The standard InChI is InChI=1S/C9H15N3/c1-9(2,3)8-6-10-11-12(8)7-4-5-7/h6-7H,4-5H2,1-3H3. The van der Waals surface area contributed by atoms with Gasteiger partial charge in [0.25, 0.3) is 0 Å². The minimum atomic E-state index is 0.173. The summed E-state index contributed by atoms with van der Waals surface area (Å²) < 4.78 is 2.08. The van der Waals surface area contributed by atoms with Gasteiger partial charge in [0.05, 0.1) is 17.9 Å². The molecule has 1 aromatic heterocycles. The van der Waals surface area contributed by atoms with Crippen molar-refractivity contribution >= 4 is 0 Å². The number of nitrogens with zero attached hydrogens (tertiary/aromatic N) is 3. The van der Waals surface area contributed by atoms with Gasteiger partial charge in [-0.2, -0.15) is 0 Å². The topological polar surface area (TPSA) is 30.7 Å². The maximum Gasteiger partial charge on any atom is 0.0730 e. The van der Waals surface area contributed by atoms with Crippen molar-refractivity contribution in [2.45, 2.75) is 45.1 Å². The van der Waals surface area contributed by atoms with Crippen molar-refractivity contribution in [3.63, 3.8) is 0 Å². The fourth-order valence-corrected chi connectivity index (χ4v) is 1.37. The van der Waals surface area contributed by atoms with Crippen molar-refractivity contribution in [3.8, 4) is 0 Å². The van der Waals surface area contributed by atoms with Gasteiger partial charge in [-0.3, -0.25) is 0 Å². The van der Waals surface area contributed by atoms with Crippen LogP contribution >= 0.6 is 0 Å². The van der Waals surface area contributed by atoms with Gasteiger partial charge in [-0.15, -0.1) is 5.10 Å². The van der Waals surface area contributed by atoms with E-state index in [0.717, 1.165) is 0 Å². The third-order valence-electron chi connectivity index (χ3n) is 2.24. The molecule has 1 saturated carbocycles. The smallest absolute Gasteiger partial charge is 0.0730 e. The fraction of sp³-hybridized carbons (Fsp3) is 0.778. The van der Waals surface area contributed by atoms with Crippen molar-refractivity contribution in [2.24, 2.45) is 0 Å². The molecular weight excluding hydrogens is 150 g/mol. The van der Waals surface area contributed by atoms with Gasteiger partial charge in [0, 0.05) is 5.41 Å². The van der Waals surface area contributed by atoms with Crippen molar-refractivity contribution in [1.82, 2.24) is 15.0 Å². The summed E-state index contributed by atoms with van der Waals surface area (Å²) in [5, 5.41) is 8.07. The van der Waals surface area contributed by atoms with E-state index in [1.165, 1.54) is 18.5 Å². The zero-order chi connectivity index (χ0) is 8.77. The van der Waals surface area contributed by atoms with E-state index in [1.807, 2.05) is 6.20 Å². The highest BCUT2D eigenvalue weighted by molar-refractivity contribution is 5.10. The molecule has 0 atom stereocenters. The SMILES string of the molecule is CC(C)(C)c1cnnn1C1CC1. The average molecular weight is 165 g/mol. The number of rotatable bonds is 1. The van der Waals surface area contributed by atoms with Crippen LogP contribution in [0, 0.1) is 0 Å². The lowest BCUT2D eigenvalue weighted by Crippen LogP contribution is -2.17. The maximum atomic E-state index is 4.11. The van der Waals surface area contributed by atoms with Crippen molar-refractivity contribution < 1.29 is 0 Å². The Balaban J connectivity index is 2.36. The molecule has 0 bridgehead atoms. The van der Waals surface area contributed by atoms with Gasteiger partial charge in [0.2, 0.25) is 0 Å². The first kappa shape index (κ1) is 7.77. The first-order chi connectivity index (χ1) is 5.59. The molecule has 1 heterocycles. The Bertz CT molecular complexity index is 278. The Morgan fingerprint density at radius 2 is 2.08 bits per heavy atom. The number of hydrogen-bond acceptors (Lipinski definition) is 2. The molecule has 0 aliphatic heterocycles. The van der Waals surface area contributed by atoms with Crippen LogP contribution in [0.2, 0.25) is 0 Å². The summed E-state index contributed by atoms with van der Waals surface area (Å²) in [5.74, 6) is 0. The lowest BCUT2D eigenvalue weighted by Gasteiger charge is -2.18. The molecule has 0 N–H and O–H groups in total. The molecule has 1 aliphatic carbocycles. The molecule has 1 aliphatic rings. The van der Waals surface area contributed by atoms with Gasteiger partial charge < -0.3 is 0 Å². The summed E-state index contributed by atoms with van der Waals surface area (Å²) in [5.41, 5.74) is 1.43. The highest BCUT2D eigenvalue weighted by Gasteiger charge is 2.30. The highest BCUT2D eigenvalue weighted by atomic mass is 15.4. The Labute approximate surface area is 72.8 Å². The summed E-state index contributed by atoms with van der Waals surface area (Å²) in [6.45, 7) is 6.60. The molecule has 1 fully saturated rings. The van der Waals surface area contributed by atoms with E-state index in [1.54, 1.807) is 0 Å². The van der Waals surface area contributed by atoms with Gasteiger partial charge in [-0.25, -0.2) is 4.68 Å². The zero-order valence-electron chi connectivity index (χ0n) is 7.91. The Hall–Kier alpha value is -0.860. The number of aromatic nitrogens is 3. The molecule has 2 rings (SSSR count). The van der Waals surface area contributed by atoms with E-state index in [2.05, 4.69) is 35.8 Å². The molecule has 0 saturated heterocycles. The van der Waals surface area contributed by atoms with E-state index in [9.17, 15) is 0 Å². The van der Waals surface area contributed by atoms with Crippen LogP contribution in [0.25, 0.3) is 0 Å². The summed E-state index contributed by atoms with van der Waals surface area (Å²) in [4.78, 5) is 0. The number of hydrogen-bond donors (Lipinski definition) is 0. The predicted octanol–water partition coefficient (Wildman–Crippen LogP) is 1.91. The molecule has 66 valence electrons. The highest BCUT2D eigenvalue weighted by Crippen LogP contribution is 2.37. The third-order valence-corrected chi connectivity index (χ3v) is 2.24. The van der Waals surface area contributed by atoms with Gasteiger partial charge >= 0.3 is 0 Å². The van der Waals surface area contributed by atoms with Crippen LogP contribution in [0.4, 0.5) is 0 Å². The second-order valence-electron chi connectivity index (χ2n) is 4.54. The maximum absolute atomic E-state index is 4.11. The van der Waals surface area contributed by atoms with E-state index >= 15 is 0 Å². The molecule has 0 spiro atoms. The lowest BCUT2D eigenvalue weighted by molar-refractivity contribution is 0.486. The monoisotopic (exact) mass is 165 g/mol. The minimum Gasteiger partial charge on any atom is -0.246 e. The Morgan fingerprint density at radius 1 is 1.42 bits per heavy atom. The fourth-order valence-electron chi connectivity index (χ4n) is 1.37. The van der Waals surface area contributed by atoms with E-state index in [0.29, 0.717) is 6.04 Å². The van der Waals surface area contributed by atoms with Crippen LogP contribution in [0.5, 0.6) is 0 Å². The van der Waals surface area contributed by atoms with E-state index < -0.39 is 0 Å². The normalized spacial score (nSPS) is 18.2. The quantitative estimate of drug-likeness (QED) is 0.636. The first-order valence-corrected chi connectivity index (χ1v) is 4.50. The van der Waals surface area contributed by atoms with Crippen LogP contribution in [-0.4, -0.2) is 15.0 Å². The minimum absolute atomic E-state index is 0.173. The van der Waals surface area contributed by atoms with E-state index in [-0.39, 0.29) is 5.41 Å². The predicted molar refractivity (Wildman–Crippen MR) is 47.0 cm³/mol. The van der Waals surface area contributed by atoms with E-state index in [4.69, 9.17) is 0 Å². The largest absolute Gasteiger partial charge is 0.246 e. The van der Waals surface area contributed by atoms with Crippen LogP contribution in [0.15, 0.2) is 6.20 Å². The Kier molecular flexibility index (Phi) is 1.50. The van der Waals surface area contributed by atoms with Gasteiger partial charge in [0.1, 0.15) is 0 Å². The molecule has 0 radical (unpaired) electrons. The molecule has 0 unspecified atom stereocenters. The summed E-state index contributed by atoms with van der Waals surface area (Å²) in [6.07, 6.45) is 4.43. The molecular formula is C9H15N3.